The summed E-state index contributed by atoms with van der Waals surface area (Å²) in [6.07, 6.45) is 1.68. The van der Waals surface area contributed by atoms with E-state index in [-0.39, 0.29) is 11.5 Å². The zero-order chi connectivity index (χ0) is 20.3. The number of amides is 1. The lowest BCUT2D eigenvalue weighted by Gasteiger charge is -2.16. The molecule has 0 aliphatic carbocycles. The van der Waals surface area contributed by atoms with Crippen LogP contribution in [0.5, 0.6) is 0 Å². The van der Waals surface area contributed by atoms with Crippen LogP contribution < -0.4 is 0 Å². The predicted octanol–water partition coefficient (Wildman–Crippen LogP) is 2.92. The summed E-state index contributed by atoms with van der Waals surface area (Å²) in [7, 11) is 3.28. The minimum Gasteiger partial charge on any atom is -0.478 e. The van der Waals surface area contributed by atoms with Gasteiger partial charge in [-0.25, -0.2) is 4.79 Å². The molecule has 142 valence electrons. The summed E-state index contributed by atoms with van der Waals surface area (Å²) >= 11 is 0. The van der Waals surface area contributed by atoms with Crippen molar-refractivity contribution in [1.82, 2.24) is 9.47 Å². The Balaban J connectivity index is 2.02. The number of hydrogen-bond acceptors (Lipinski definition) is 4. The average Bonchev–Trinajstić information content (AvgIpc) is 3.09. The maximum atomic E-state index is 12.6. The van der Waals surface area contributed by atoms with Gasteiger partial charge < -0.3 is 19.3 Å². The third kappa shape index (κ3) is 3.59. The number of carbonyl (C=O) groups is 2. The van der Waals surface area contributed by atoms with Gasteiger partial charge >= 0.3 is 5.97 Å². The van der Waals surface area contributed by atoms with E-state index in [0.717, 1.165) is 11.2 Å². The van der Waals surface area contributed by atoms with E-state index in [1.807, 2.05) is 4.57 Å². The summed E-state index contributed by atoms with van der Waals surface area (Å²) in [5.41, 5.74) is 2.60. The number of methoxy groups -OCH3 is 1. The number of aromatic carboxylic acids is 1. The van der Waals surface area contributed by atoms with Crippen molar-refractivity contribution in [3.05, 3.63) is 65.4 Å². The number of rotatable bonds is 6. The molecule has 0 radical (unpaired) electrons. The van der Waals surface area contributed by atoms with Gasteiger partial charge in [0.1, 0.15) is 6.07 Å². The molecule has 0 aliphatic rings. The molecule has 1 aromatic heterocycles. The van der Waals surface area contributed by atoms with Crippen LogP contribution in [-0.2, 0) is 4.74 Å². The van der Waals surface area contributed by atoms with E-state index in [9.17, 15) is 14.9 Å². The highest BCUT2D eigenvalue weighted by Gasteiger charge is 2.16. The maximum Gasteiger partial charge on any atom is 0.335 e. The normalized spacial score (nSPS) is 10.6. The number of aromatic nitrogens is 1. The molecule has 0 saturated carbocycles. The van der Waals surface area contributed by atoms with Crippen LogP contribution in [0.1, 0.15) is 26.3 Å². The first-order valence-corrected chi connectivity index (χ1v) is 8.59. The third-order valence-corrected chi connectivity index (χ3v) is 4.54. The Morgan fingerprint density at radius 2 is 1.86 bits per heavy atom. The number of hydrogen-bond donors (Lipinski definition) is 1. The topological polar surface area (TPSA) is 95.6 Å². The van der Waals surface area contributed by atoms with Gasteiger partial charge in [0.15, 0.2) is 0 Å². The Hall–Kier alpha value is -3.63. The average molecular weight is 377 g/mol. The number of carboxylic acids is 1. The van der Waals surface area contributed by atoms with Crippen LogP contribution in [0.3, 0.4) is 0 Å². The van der Waals surface area contributed by atoms with Crippen molar-refractivity contribution in [2.75, 3.05) is 27.3 Å². The maximum absolute atomic E-state index is 12.6. The van der Waals surface area contributed by atoms with E-state index in [2.05, 4.69) is 6.07 Å². The molecular weight excluding hydrogens is 358 g/mol. The largest absolute Gasteiger partial charge is 0.478 e. The molecule has 0 aliphatic heterocycles. The van der Waals surface area contributed by atoms with Crippen molar-refractivity contribution in [3.63, 3.8) is 0 Å². The second kappa shape index (κ2) is 7.94. The van der Waals surface area contributed by atoms with Gasteiger partial charge in [-0.2, -0.15) is 5.26 Å². The van der Waals surface area contributed by atoms with Crippen LogP contribution in [0.4, 0.5) is 0 Å². The lowest BCUT2D eigenvalue weighted by Crippen LogP contribution is -2.29. The molecule has 0 atom stereocenters. The molecule has 1 N–H and O–H groups in total. The monoisotopic (exact) mass is 377 g/mol. The minimum absolute atomic E-state index is 0.151. The fraction of sp³-hybridized carbons (Fsp3) is 0.190. The lowest BCUT2D eigenvalue weighted by molar-refractivity contribution is 0.0695. The molecular formula is C21H19N3O4. The zero-order valence-electron chi connectivity index (χ0n) is 15.5. The van der Waals surface area contributed by atoms with E-state index >= 15 is 0 Å². The SMILES string of the molecule is COCCN(C)C(=O)c1ccc2c(c1)c(C#N)cn2-c1ccc(C(=O)O)cc1. The zero-order valence-corrected chi connectivity index (χ0v) is 15.5. The van der Waals surface area contributed by atoms with Crippen LogP contribution in [0, 0.1) is 11.3 Å². The third-order valence-electron chi connectivity index (χ3n) is 4.54. The number of carboxylic acid groups (broad SMARTS) is 1. The number of fused-ring (bicyclic) bond motifs is 1. The molecule has 0 saturated heterocycles. The quantitative estimate of drug-likeness (QED) is 0.713. The first kappa shape index (κ1) is 19.1. The summed E-state index contributed by atoms with van der Waals surface area (Å²) < 4.78 is 6.81. The van der Waals surface area contributed by atoms with Gasteiger partial charge in [-0.15, -0.1) is 0 Å². The molecule has 1 amide bonds. The number of ether oxygens (including phenoxy) is 1. The number of likely N-dealkylation sites (N-methyl/N-ethyl adjacent to an activating group) is 1. The Kier molecular flexibility index (Phi) is 5.43. The summed E-state index contributed by atoms with van der Waals surface area (Å²) in [5.74, 6) is -1.15. The van der Waals surface area contributed by atoms with Gasteiger partial charge in [-0.3, -0.25) is 4.79 Å². The molecule has 0 spiro atoms. The Morgan fingerprint density at radius 1 is 1.18 bits per heavy atom. The van der Waals surface area contributed by atoms with Crippen molar-refractivity contribution >= 4 is 22.8 Å². The highest BCUT2D eigenvalue weighted by molar-refractivity contribution is 5.99. The van der Waals surface area contributed by atoms with Crippen LogP contribution in [0.15, 0.2) is 48.7 Å². The van der Waals surface area contributed by atoms with Crippen molar-refractivity contribution < 1.29 is 19.4 Å². The van der Waals surface area contributed by atoms with Crippen LogP contribution in [-0.4, -0.2) is 53.8 Å². The fourth-order valence-electron chi connectivity index (χ4n) is 2.98. The van der Waals surface area contributed by atoms with Crippen LogP contribution in [0.25, 0.3) is 16.6 Å². The molecule has 2 aromatic carbocycles. The number of benzene rings is 2. The Labute approximate surface area is 162 Å². The van der Waals surface area contributed by atoms with E-state index in [1.165, 1.54) is 12.1 Å². The first-order chi connectivity index (χ1) is 13.5. The summed E-state index contributed by atoms with van der Waals surface area (Å²) in [4.78, 5) is 25.2. The van der Waals surface area contributed by atoms with Crippen molar-refractivity contribution in [3.8, 4) is 11.8 Å². The van der Waals surface area contributed by atoms with Gasteiger partial charge in [0, 0.05) is 43.5 Å². The molecule has 3 rings (SSSR count). The summed E-state index contributed by atoms with van der Waals surface area (Å²) in [6.45, 7) is 0.909. The highest BCUT2D eigenvalue weighted by Crippen LogP contribution is 2.26. The summed E-state index contributed by atoms with van der Waals surface area (Å²) in [6, 6.07) is 13.8. The van der Waals surface area contributed by atoms with E-state index in [1.54, 1.807) is 55.6 Å². The van der Waals surface area contributed by atoms with Gasteiger partial charge in [0.25, 0.3) is 5.91 Å². The molecule has 0 fully saturated rings. The van der Waals surface area contributed by atoms with Gasteiger partial charge in [0.2, 0.25) is 0 Å². The molecule has 28 heavy (non-hydrogen) atoms. The van der Waals surface area contributed by atoms with Crippen molar-refractivity contribution in [2.24, 2.45) is 0 Å². The number of carbonyl (C=O) groups excluding carboxylic acids is 1. The fourth-order valence-corrected chi connectivity index (χ4v) is 2.98. The summed E-state index contributed by atoms with van der Waals surface area (Å²) in [5, 5.41) is 19.2. The van der Waals surface area contributed by atoms with E-state index in [4.69, 9.17) is 9.84 Å². The molecule has 1 heterocycles. The standard InChI is InChI=1S/C21H19N3O4/c1-23(9-10-28-2)20(25)15-5-8-19-18(11-15)16(12-22)13-24(19)17-6-3-14(4-7-17)21(26)27/h3-8,11,13H,9-10H2,1-2H3,(H,26,27). The van der Waals surface area contributed by atoms with Gasteiger partial charge in [-0.05, 0) is 42.5 Å². The van der Waals surface area contributed by atoms with Gasteiger partial charge in [0.05, 0.1) is 23.3 Å². The molecule has 3 aromatic rings. The van der Waals surface area contributed by atoms with E-state index in [0.29, 0.717) is 29.7 Å². The second-order valence-corrected chi connectivity index (χ2v) is 6.33. The second-order valence-electron chi connectivity index (χ2n) is 6.33. The predicted molar refractivity (Wildman–Crippen MR) is 104 cm³/mol. The molecule has 0 bridgehead atoms. The molecule has 7 nitrogen and oxygen atoms in total. The Morgan fingerprint density at radius 3 is 2.46 bits per heavy atom. The van der Waals surface area contributed by atoms with Crippen molar-refractivity contribution in [1.29, 1.82) is 5.26 Å². The number of nitriles is 1. The van der Waals surface area contributed by atoms with Crippen molar-refractivity contribution in [2.45, 2.75) is 0 Å². The molecule has 7 heteroatoms. The smallest absolute Gasteiger partial charge is 0.335 e. The Bertz CT molecular complexity index is 1080. The van der Waals surface area contributed by atoms with Gasteiger partial charge in [-0.1, -0.05) is 0 Å². The minimum atomic E-state index is -0.998. The number of nitrogens with zero attached hydrogens (tertiary/aromatic N) is 3. The first-order valence-electron chi connectivity index (χ1n) is 8.59. The molecule has 0 unspecified atom stereocenters. The lowest BCUT2D eigenvalue weighted by atomic mass is 10.1. The van der Waals surface area contributed by atoms with Crippen LogP contribution >= 0.6 is 0 Å². The highest BCUT2D eigenvalue weighted by atomic mass is 16.5. The van der Waals surface area contributed by atoms with Crippen LogP contribution in [0.2, 0.25) is 0 Å². The van der Waals surface area contributed by atoms with E-state index < -0.39 is 5.97 Å².